The van der Waals surface area contributed by atoms with Crippen molar-refractivity contribution >= 4 is 17.2 Å². The van der Waals surface area contributed by atoms with Crippen LogP contribution in [0.2, 0.25) is 5.02 Å². The lowest BCUT2D eigenvalue weighted by Crippen LogP contribution is -1.88. The van der Waals surface area contributed by atoms with Gasteiger partial charge >= 0.3 is 0 Å². The monoisotopic (exact) mass is 183 g/mol. The maximum absolute atomic E-state index is 5.86. The van der Waals surface area contributed by atoms with Crippen LogP contribution in [0.15, 0.2) is 18.6 Å². The molecule has 2 rings (SSSR count). The summed E-state index contributed by atoms with van der Waals surface area (Å²) in [5, 5.41) is 8.11. The van der Waals surface area contributed by atoms with Crippen molar-refractivity contribution in [3.63, 3.8) is 0 Å². The molecule has 0 aliphatic heterocycles. The fourth-order valence-electron chi connectivity index (χ4n) is 0.983. The van der Waals surface area contributed by atoms with Crippen LogP contribution < -0.4 is 4.74 Å². The molecule has 0 aliphatic rings. The van der Waals surface area contributed by atoms with E-state index >= 15 is 0 Å². The van der Waals surface area contributed by atoms with E-state index in [2.05, 4.69) is 10.2 Å². The van der Waals surface area contributed by atoms with Crippen LogP contribution in [0.4, 0.5) is 0 Å². The summed E-state index contributed by atoms with van der Waals surface area (Å²) in [6.07, 6.45) is 3.29. The normalized spacial score (nSPS) is 10.5. The number of aromatic nitrogens is 3. The van der Waals surface area contributed by atoms with E-state index in [0.29, 0.717) is 10.8 Å². The molecule has 62 valence electrons. The van der Waals surface area contributed by atoms with Crippen LogP contribution in [0.3, 0.4) is 0 Å². The highest BCUT2D eigenvalue weighted by molar-refractivity contribution is 6.32. The summed E-state index contributed by atoms with van der Waals surface area (Å²) in [4.78, 5) is 0. The first-order valence-corrected chi connectivity index (χ1v) is 3.72. The van der Waals surface area contributed by atoms with Crippen LogP contribution in [0.5, 0.6) is 5.75 Å². The maximum Gasteiger partial charge on any atom is 0.164 e. The lowest BCUT2D eigenvalue weighted by Gasteiger charge is -2.01. The van der Waals surface area contributed by atoms with Gasteiger partial charge in [0.15, 0.2) is 5.65 Å². The van der Waals surface area contributed by atoms with Crippen LogP contribution in [0, 0.1) is 0 Å². The van der Waals surface area contributed by atoms with Gasteiger partial charge in [0.2, 0.25) is 0 Å². The van der Waals surface area contributed by atoms with Crippen LogP contribution in [-0.4, -0.2) is 21.7 Å². The van der Waals surface area contributed by atoms with Gasteiger partial charge < -0.3 is 4.74 Å². The van der Waals surface area contributed by atoms with E-state index in [9.17, 15) is 0 Å². The second-order valence-electron chi connectivity index (χ2n) is 2.29. The van der Waals surface area contributed by atoms with Gasteiger partial charge in [-0.2, -0.15) is 0 Å². The van der Waals surface area contributed by atoms with Gasteiger partial charge in [0.25, 0.3) is 0 Å². The average molecular weight is 184 g/mol. The minimum absolute atomic E-state index is 0.546. The molecule has 0 fully saturated rings. The van der Waals surface area contributed by atoms with Crippen LogP contribution in [0.25, 0.3) is 5.65 Å². The molecule has 0 aliphatic carbocycles. The van der Waals surface area contributed by atoms with Gasteiger partial charge in [-0.25, -0.2) is 0 Å². The molecule has 0 spiro atoms. The van der Waals surface area contributed by atoms with Gasteiger partial charge in [0.05, 0.1) is 12.1 Å². The highest BCUT2D eigenvalue weighted by atomic mass is 35.5. The quantitative estimate of drug-likeness (QED) is 0.671. The molecule has 2 aromatic rings. The average Bonchev–Trinajstić information content (AvgIpc) is 2.49. The summed E-state index contributed by atoms with van der Waals surface area (Å²) in [6, 6.07) is 1.73. The molecule has 0 saturated heterocycles. The second-order valence-corrected chi connectivity index (χ2v) is 2.69. The summed E-state index contributed by atoms with van der Waals surface area (Å²) in [5.74, 6) is 0.608. The minimum atomic E-state index is 0.546. The number of hydrogen-bond acceptors (Lipinski definition) is 3. The van der Waals surface area contributed by atoms with Crippen molar-refractivity contribution in [2.24, 2.45) is 0 Å². The molecule has 4 nitrogen and oxygen atoms in total. The van der Waals surface area contributed by atoms with E-state index in [1.807, 2.05) is 0 Å². The Morgan fingerprint density at radius 1 is 1.58 bits per heavy atom. The van der Waals surface area contributed by atoms with Gasteiger partial charge in [-0.1, -0.05) is 11.6 Å². The summed E-state index contributed by atoms with van der Waals surface area (Å²) < 4.78 is 6.74. The van der Waals surface area contributed by atoms with Crippen molar-refractivity contribution in [1.29, 1.82) is 0 Å². The second kappa shape index (κ2) is 2.64. The molecule has 0 unspecified atom stereocenters. The van der Waals surface area contributed by atoms with Crippen molar-refractivity contribution in [2.45, 2.75) is 0 Å². The molecule has 0 bridgehead atoms. The third-order valence-electron chi connectivity index (χ3n) is 1.57. The third kappa shape index (κ3) is 1.00. The lowest BCUT2D eigenvalue weighted by atomic mass is 10.4. The van der Waals surface area contributed by atoms with E-state index < -0.39 is 0 Å². The number of nitrogens with zero attached hydrogens (tertiary/aromatic N) is 3. The standard InChI is InChI=1S/C7H6ClN3O/c1-12-6-2-7-10-9-4-11(7)3-5(6)8/h2-4H,1H3. The summed E-state index contributed by atoms with van der Waals surface area (Å²) in [5.41, 5.74) is 0.719. The topological polar surface area (TPSA) is 39.4 Å². The van der Waals surface area contributed by atoms with Crippen LogP contribution >= 0.6 is 11.6 Å². The Hall–Kier alpha value is -1.29. The van der Waals surface area contributed by atoms with Gasteiger partial charge in [0.1, 0.15) is 12.1 Å². The first-order valence-electron chi connectivity index (χ1n) is 3.34. The first kappa shape index (κ1) is 7.36. The first-order chi connectivity index (χ1) is 5.81. The molecule has 0 saturated carbocycles. The SMILES string of the molecule is COc1cc2nncn2cc1Cl. The van der Waals surface area contributed by atoms with Gasteiger partial charge in [-0.15, -0.1) is 10.2 Å². The fourth-order valence-corrected chi connectivity index (χ4v) is 1.22. The van der Waals surface area contributed by atoms with Crippen molar-refractivity contribution < 1.29 is 4.74 Å². The van der Waals surface area contributed by atoms with Crippen LogP contribution in [0.1, 0.15) is 0 Å². The van der Waals surface area contributed by atoms with Crippen molar-refractivity contribution in [3.8, 4) is 5.75 Å². The molecule has 5 heteroatoms. The number of rotatable bonds is 1. The molecule has 12 heavy (non-hydrogen) atoms. The van der Waals surface area contributed by atoms with E-state index in [0.717, 1.165) is 5.65 Å². The van der Waals surface area contributed by atoms with E-state index in [-0.39, 0.29) is 0 Å². The molecule has 0 atom stereocenters. The van der Waals surface area contributed by atoms with Gasteiger partial charge in [-0.3, -0.25) is 4.40 Å². The largest absolute Gasteiger partial charge is 0.495 e. The smallest absolute Gasteiger partial charge is 0.164 e. The molecule has 0 N–H and O–H groups in total. The zero-order chi connectivity index (χ0) is 8.55. The molecule has 0 radical (unpaired) electrons. The molecule has 0 amide bonds. The predicted molar refractivity (Wildman–Crippen MR) is 44.5 cm³/mol. The Kier molecular flexibility index (Phi) is 1.62. The molecular weight excluding hydrogens is 178 g/mol. The molecular formula is C7H6ClN3O. The Bertz CT molecular complexity index is 412. The maximum atomic E-state index is 5.86. The van der Waals surface area contributed by atoms with Crippen LogP contribution in [-0.2, 0) is 0 Å². The van der Waals surface area contributed by atoms with Gasteiger partial charge in [-0.05, 0) is 0 Å². The highest BCUT2D eigenvalue weighted by Crippen LogP contribution is 2.24. The molecule has 2 aromatic heterocycles. The van der Waals surface area contributed by atoms with E-state index in [4.69, 9.17) is 16.3 Å². The fraction of sp³-hybridized carbons (Fsp3) is 0.143. The summed E-state index contributed by atoms with van der Waals surface area (Å²) in [7, 11) is 1.56. The number of methoxy groups -OCH3 is 1. The van der Waals surface area contributed by atoms with Crippen molar-refractivity contribution in [3.05, 3.63) is 23.6 Å². The summed E-state index contributed by atoms with van der Waals surface area (Å²) >= 11 is 5.86. The Balaban J connectivity index is 2.73. The zero-order valence-electron chi connectivity index (χ0n) is 6.36. The Morgan fingerprint density at radius 3 is 3.17 bits per heavy atom. The van der Waals surface area contributed by atoms with Crippen molar-refractivity contribution in [2.75, 3.05) is 7.11 Å². The summed E-state index contributed by atoms with van der Waals surface area (Å²) in [6.45, 7) is 0. The predicted octanol–water partition coefficient (Wildman–Crippen LogP) is 1.39. The van der Waals surface area contributed by atoms with Crippen molar-refractivity contribution in [1.82, 2.24) is 14.6 Å². The van der Waals surface area contributed by atoms with E-state index in [1.165, 1.54) is 0 Å². The lowest BCUT2D eigenvalue weighted by molar-refractivity contribution is 0.415. The minimum Gasteiger partial charge on any atom is -0.495 e. The number of halogens is 1. The zero-order valence-corrected chi connectivity index (χ0v) is 7.12. The van der Waals surface area contributed by atoms with E-state index in [1.54, 1.807) is 30.1 Å². The molecule has 0 aromatic carbocycles. The Labute approximate surface area is 73.7 Å². The third-order valence-corrected chi connectivity index (χ3v) is 1.85. The number of fused-ring (bicyclic) bond motifs is 1. The van der Waals surface area contributed by atoms with Gasteiger partial charge in [0, 0.05) is 12.3 Å². The molecule has 2 heterocycles. The highest BCUT2D eigenvalue weighted by Gasteiger charge is 2.03. The Morgan fingerprint density at radius 2 is 2.42 bits per heavy atom. The number of pyridine rings is 1. The number of hydrogen-bond donors (Lipinski definition) is 0. The number of ether oxygens (including phenoxy) is 1.